The summed E-state index contributed by atoms with van der Waals surface area (Å²) in [5.41, 5.74) is 1.59. The first-order valence-corrected chi connectivity index (χ1v) is 5.01. The summed E-state index contributed by atoms with van der Waals surface area (Å²) in [4.78, 5) is 16.1. The van der Waals surface area contributed by atoms with E-state index in [0.717, 1.165) is 0 Å². The summed E-state index contributed by atoms with van der Waals surface area (Å²) in [6.07, 6.45) is -1.07. The van der Waals surface area contributed by atoms with Crippen LogP contribution in [0.2, 0.25) is 0 Å². The molecule has 5 heteroatoms. The fourth-order valence-electron chi connectivity index (χ4n) is 0.807. The van der Waals surface area contributed by atoms with Crippen LogP contribution in [0.25, 0.3) is 0 Å². The topological polar surface area (TPSA) is 67.8 Å². The third kappa shape index (κ3) is 7.16. The molecule has 0 saturated heterocycles. The molecule has 5 nitrogen and oxygen atoms in total. The van der Waals surface area contributed by atoms with Gasteiger partial charge in [-0.25, -0.2) is 4.79 Å². The summed E-state index contributed by atoms with van der Waals surface area (Å²) in [7, 11) is 0. The van der Waals surface area contributed by atoms with Crippen LogP contribution in [0, 0.1) is 5.92 Å². The van der Waals surface area contributed by atoms with Crippen molar-refractivity contribution in [3.8, 4) is 0 Å². The number of amides is 1. The van der Waals surface area contributed by atoms with Crippen LogP contribution in [0.1, 0.15) is 34.6 Å². The first kappa shape index (κ1) is 14.2. The first-order valence-electron chi connectivity index (χ1n) is 5.01. The van der Waals surface area contributed by atoms with Gasteiger partial charge in [0.05, 0.1) is 6.61 Å². The highest BCUT2D eigenvalue weighted by atomic mass is 16.7. The fourth-order valence-corrected chi connectivity index (χ4v) is 0.807. The minimum absolute atomic E-state index is 0.116. The lowest BCUT2D eigenvalue weighted by atomic mass is 10.1. The molecule has 90 valence electrons. The second-order valence-corrected chi connectivity index (χ2v) is 4.69. The standard InChI is InChI=1S/C10H21NO4/c1-7(2)8(6-12)15-11-9(13)14-10(3,4)5/h7-8,12H,6H2,1-5H3,(H,11,13). The van der Waals surface area contributed by atoms with E-state index >= 15 is 0 Å². The number of aliphatic hydroxyl groups excluding tert-OH is 1. The molecule has 15 heavy (non-hydrogen) atoms. The van der Waals surface area contributed by atoms with Crippen LogP contribution in [-0.4, -0.2) is 29.5 Å². The smallest absolute Gasteiger partial charge is 0.431 e. The zero-order chi connectivity index (χ0) is 12.1. The van der Waals surface area contributed by atoms with Crippen molar-refractivity contribution in [2.75, 3.05) is 6.61 Å². The van der Waals surface area contributed by atoms with Gasteiger partial charge < -0.3 is 9.84 Å². The Labute approximate surface area is 90.7 Å². The van der Waals surface area contributed by atoms with Crippen molar-refractivity contribution in [1.82, 2.24) is 5.48 Å². The molecule has 1 atom stereocenters. The summed E-state index contributed by atoms with van der Waals surface area (Å²) >= 11 is 0. The van der Waals surface area contributed by atoms with Gasteiger partial charge in [0.1, 0.15) is 11.7 Å². The van der Waals surface area contributed by atoms with Crippen LogP contribution in [0.4, 0.5) is 4.79 Å². The zero-order valence-electron chi connectivity index (χ0n) is 10.0. The normalized spacial score (nSPS) is 13.8. The molecule has 1 amide bonds. The molecule has 0 aliphatic heterocycles. The predicted octanol–water partition coefficient (Wildman–Crippen LogP) is 1.46. The van der Waals surface area contributed by atoms with Crippen molar-refractivity contribution in [3.05, 3.63) is 0 Å². The van der Waals surface area contributed by atoms with Crippen LogP contribution in [0.5, 0.6) is 0 Å². The van der Waals surface area contributed by atoms with Crippen molar-refractivity contribution in [2.45, 2.75) is 46.3 Å². The molecule has 1 unspecified atom stereocenters. The average molecular weight is 219 g/mol. The number of hydroxylamine groups is 1. The van der Waals surface area contributed by atoms with Gasteiger partial charge in [0, 0.05) is 0 Å². The van der Waals surface area contributed by atoms with Gasteiger partial charge in [-0.3, -0.25) is 4.84 Å². The Morgan fingerprint density at radius 2 is 1.93 bits per heavy atom. The minimum Gasteiger partial charge on any atom is -0.442 e. The van der Waals surface area contributed by atoms with Gasteiger partial charge in [0.2, 0.25) is 0 Å². The lowest BCUT2D eigenvalue weighted by Gasteiger charge is -2.22. The van der Waals surface area contributed by atoms with Gasteiger partial charge >= 0.3 is 6.09 Å². The quantitative estimate of drug-likeness (QED) is 0.702. The Hall–Kier alpha value is -0.810. The van der Waals surface area contributed by atoms with E-state index in [-0.39, 0.29) is 12.5 Å². The van der Waals surface area contributed by atoms with E-state index in [9.17, 15) is 4.79 Å². The van der Waals surface area contributed by atoms with Crippen molar-refractivity contribution in [1.29, 1.82) is 0 Å². The first-order chi connectivity index (χ1) is 6.76. The Morgan fingerprint density at radius 3 is 2.27 bits per heavy atom. The number of rotatable bonds is 4. The van der Waals surface area contributed by atoms with E-state index in [2.05, 4.69) is 5.48 Å². The van der Waals surface area contributed by atoms with Gasteiger partial charge in [-0.1, -0.05) is 13.8 Å². The van der Waals surface area contributed by atoms with Gasteiger partial charge in [-0.2, -0.15) is 5.48 Å². The highest BCUT2D eigenvalue weighted by Crippen LogP contribution is 2.08. The highest BCUT2D eigenvalue weighted by molar-refractivity contribution is 5.66. The third-order valence-corrected chi connectivity index (χ3v) is 1.62. The van der Waals surface area contributed by atoms with E-state index in [1.165, 1.54) is 0 Å². The van der Waals surface area contributed by atoms with Crippen LogP contribution in [0.15, 0.2) is 0 Å². The van der Waals surface area contributed by atoms with E-state index in [1.54, 1.807) is 20.8 Å². The van der Waals surface area contributed by atoms with Crippen molar-refractivity contribution >= 4 is 6.09 Å². The largest absolute Gasteiger partial charge is 0.442 e. The van der Waals surface area contributed by atoms with Crippen LogP contribution in [-0.2, 0) is 9.57 Å². The number of carbonyl (C=O) groups is 1. The zero-order valence-corrected chi connectivity index (χ0v) is 10.0. The number of aliphatic hydroxyl groups is 1. The van der Waals surface area contributed by atoms with Gasteiger partial charge in [0.25, 0.3) is 0 Å². The lowest BCUT2D eigenvalue weighted by molar-refractivity contribution is -0.0762. The summed E-state index contributed by atoms with van der Waals surface area (Å²) in [6.45, 7) is 8.92. The SMILES string of the molecule is CC(C)C(CO)ONC(=O)OC(C)(C)C. The Balaban J connectivity index is 3.89. The molecule has 0 aromatic rings. The maximum Gasteiger partial charge on any atom is 0.431 e. The number of carbonyl (C=O) groups excluding carboxylic acids is 1. The van der Waals surface area contributed by atoms with Crippen LogP contribution in [0.3, 0.4) is 0 Å². The molecular weight excluding hydrogens is 198 g/mol. The van der Waals surface area contributed by atoms with Gasteiger partial charge in [-0.15, -0.1) is 0 Å². The van der Waals surface area contributed by atoms with Crippen LogP contribution < -0.4 is 5.48 Å². The van der Waals surface area contributed by atoms with Gasteiger partial charge in [-0.05, 0) is 26.7 Å². The minimum atomic E-state index is -0.651. The predicted molar refractivity (Wildman–Crippen MR) is 56.2 cm³/mol. The molecule has 0 bridgehead atoms. The third-order valence-electron chi connectivity index (χ3n) is 1.62. The summed E-state index contributed by atoms with van der Waals surface area (Å²) in [5.74, 6) is 0.116. The molecule has 0 aromatic heterocycles. The average Bonchev–Trinajstić information content (AvgIpc) is 2.01. The highest BCUT2D eigenvalue weighted by Gasteiger charge is 2.19. The number of nitrogens with one attached hydrogen (secondary N) is 1. The Bertz CT molecular complexity index is 198. The molecule has 0 radical (unpaired) electrons. The summed E-state index contributed by atoms with van der Waals surface area (Å²) in [6, 6.07) is 0. The van der Waals surface area contributed by atoms with Crippen molar-refractivity contribution in [2.24, 2.45) is 5.92 Å². The molecule has 0 heterocycles. The molecule has 0 aromatic carbocycles. The van der Waals surface area contributed by atoms with Crippen molar-refractivity contribution in [3.63, 3.8) is 0 Å². The van der Waals surface area contributed by atoms with Crippen molar-refractivity contribution < 1.29 is 19.5 Å². The molecule has 0 aliphatic carbocycles. The lowest BCUT2D eigenvalue weighted by Crippen LogP contribution is -2.38. The Kier molecular flexibility index (Phi) is 5.60. The number of hydrogen-bond donors (Lipinski definition) is 2. The second kappa shape index (κ2) is 5.92. The molecule has 0 saturated carbocycles. The summed E-state index contributed by atoms with van der Waals surface area (Å²) in [5, 5.41) is 8.92. The molecule has 0 rings (SSSR count). The molecular formula is C10H21NO4. The number of hydrogen-bond acceptors (Lipinski definition) is 4. The molecule has 0 fully saturated rings. The van der Waals surface area contributed by atoms with E-state index in [4.69, 9.17) is 14.7 Å². The monoisotopic (exact) mass is 219 g/mol. The van der Waals surface area contributed by atoms with Crippen LogP contribution >= 0.6 is 0 Å². The second-order valence-electron chi connectivity index (χ2n) is 4.69. The van der Waals surface area contributed by atoms with E-state index in [0.29, 0.717) is 0 Å². The number of ether oxygens (including phenoxy) is 1. The van der Waals surface area contributed by atoms with Gasteiger partial charge in [0.15, 0.2) is 0 Å². The summed E-state index contributed by atoms with van der Waals surface area (Å²) < 4.78 is 4.96. The maximum atomic E-state index is 11.2. The fraction of sp³-hybridized carbons (Fsp3) is 0.900. The Morgan fingerprint density at radius 1 is 1.40 bits per heavy atom. The molecule has 0 aliphatic rings. The maximum absolute atomic E-state index is 11.2. The molecule has 2 N–H and O–H groups in total. The molecule has 0 spiro atoms. The van der Waals surface area contributed by atoms with E-state index < -0.39 is 17.8 Å². The van der Waals surface area contributed by atoms with E-state index in [1.807, 2.05) is 13.8 Å².